The first kappa shape index (κ1) is 19.3. The number of non-ortho nitro benzene ring substituents is 1. The van der Waals surface area contributed by atoms with Crippen LogP contribution in [0.4, 0.5) is 17.1 Å². The number of nitro benzene ring substituents is 2. The molecule has 0 aliphatic heterocycles. The lowest BCUT2D eigenvalue weighted by atomic mass is 10.1. The monoisotopic (exact) mass is 375 g/mol. The summed E-state index contributed by atoms with van der Waals surface area (Å²) in [6, 6.07) is 8.90. The van der Waals surface area contributed by atoms with Crippen LogP contribution in [0.25, 0.3) is 0 Å². The van der Waals surface area contributed by atoms with Gasteiger partial charge in [0.2, 0.25) is 0 Å². The summed E-state index contributed by atoms with van der Waals surface area (Å²) in [6.45, 7) is -0.560. The molecule has 0 heterocycles. The number of carbonyl (C=O) groups is 2. The van der Waals surface area contributed by atoms with Gasteiger partial charge in [0.05, 0.1) is 22.3 Å². The summed E-state index contributed by atoms with van der Waals surface area (Å²) in [4.78, 5) is 42.6. The number of carboxylic acids is 1. The number of carboxylic acid groups (broad SMARTS) is 1. The summed E-state index contributed by atoms with van der Waals surface area (Å²) in [5.41, 5.74) is -0.163. The van der Waals surface area contributed by atoms with Crippen LogP contribution in [0.1, 0.15) is 5.56 Å². The van der Waals surface area contributed by atoms with E-state index in [1.807, 2.05) is 0 Å². The molecule has 0 saturated heterocycles. The Kier molecular flexibility index (Phi) is 5.99. The van der Waals surface area contributed by atoms with E-state index >= 15 is 0 Å². The third-order valence-corrected chi connectivity index (χ3v) is 3.30. The van der Waals surface area contributed by atoms with Crippen molar-refractivity contribution < 1.29 is 29.3 Å². The molecule has 0 fully saturated rings. The Morgan fingerprint density at radius 2 is 1.70 bits per heavy atom. The van der Waals surface area contributed by atoms with Crippen LogP contribution in [0.15, 0.2) is 42.5 Å². The number of aliphatic carboxylic acids is 1. The lowest BCUT2D eigenvalue weighted by Crippen LogP contribution is -2.20. The molecule has 0 atom stereocenters. The van der Waals surface area contributed by atoms with Crippen molar-refractivity contribution in [1.29, 1.82) is 0 Å². The van der Waals surface area contributed by atoms with Crippen molar-refractivity contribution >= 4 is 28.9 Å². The topological polar surface area (TPSA) is 162 Å². The van der Waals surface area contributed by atoms with Crippen LogP contribution in [-0.2, 0) is 16.0 Å². The van der Waals surface area contributed by atoms with E-state index in [9.17, 15) is 29.8 Å². The van der Waals surface area contributed by atoms with Crippen molar-refractivity contribution in [2.24, 2.45) is 0 Å². The zero-order chi connectivity index (χ0) is 20.0. The molecule has 0 bridgehead atoms. The van der Waals surface area contributed by atoms with Gasteiger partial charge in [-0.05, 0) is 23.8 Å². The molecule has 2 rings (SSSR count). The van der Waals surface area contributed by atoms with E-state index in [-0.39, 0.29) is 12.2 Å². The maximum Gasteiger partial charge on any atom is 0.317 e. The second-order valence-electron chi connectivity index (χ2n) is 5.27. The lowest BCUT2D eigenvalue weighted by Gasteiger charge is -2.08. The highest BCUT2D eigenvalue weighted by Crippen LogP contribution is 2.30. The summed E-state index contributed by atoms with van der Waals surface area (Å²) in [5.74, 6) is -1.88. The minimum absolute atomic E-state index is 0.152. The molecule has 0 aromatic heterocycles. The predicted molar refractivity (Wildman–Crippen MR) is 91.7 cm³/mol. The van der Waals surface area contributed by atoms with Gasteiger partial charge in [0.15, 0.2) is 12.4 Å². The second kappa shape index (κ2) is 8.38. The molecule has 27 heavy (non-hydrogen) atoms. The maximum absolute atomic E-state index is 11.9. The number of amides is 1. The molecule has 0 aliphatic rings. The van der Waals surface area contributed by atoms with Gasteiger partial charge in [0.25, 0.3) is 11.6 Å². The number of rotatable bonds is 8. The van der Waals surface area contributed by atoms with Crippen LogP contribution in [0.5, 0.6) is 5.75 Å². The van der Waals surface area contributed by atoms with Crippen molar-refractivity contribution in [2.75, 3.05) is 11.9 Å². The van der Waals surface area contributed by atoms with E-state index in [1.165, 1.54) is 24.3 Å². The van der Waals surface area contributed by atoms with Gasteiger partial charge < -0.3 is 15.2 Å². The van der Waals surface area contributed by atoms with Gasteiger partial charge in [-0.3, -0.25) is 29.8 Å². The molecular weight excluding hydrogens is 362 g/mol. The first-order valence-electron chi connectivity index (χ1n) is 7.42. The number of ether oxygens (including phenoxy) is 1. The number of anilines is 1. The van der Waals surface area contributed by atoms with E-state index < -0.39 is 39.7 Å². The second-order valence-corrected chi connectivity index (χ2v) is 5.27. The molecule has 2 aromatic rings. The van der Waals surface area contributed by atoms with Gasteiger partial charge in [0, 0.05) is 11.8 Å². The minimum Gasteiger partial charge on any atom is -0.481 e. The number of nitrogens with zero attached hydrogens (tertiary/aromatic N) is 2. The van der Waals surface area contributed by atoms with Crippen LogP contribution in [0.2, 0.25) is 0 Å². The molecule has 0 unspecified atom stereocenters. The van der Waals surface area contributed by atoms with Gasteiger partial charge in [-0.2, -0.15) is 0 Å². The molecule has 1 amide bonds. The van der Waals surface area contributed by atoms with E-state index in [1.54, 1.807) is 0 Å². The first-order chi connectivity index (χ1) is 12.8. The Labute approximate surface area is 151 Å². The van der Waals surface area contributed by atoms with Crippen LogP contribution < -0.4 is 10.1 Å². The summed E-state index contributed by atoms with van der Waals surface area (Å²) < 4.78 is 5.09. The minimum atomic E-state index is -0.982. The molecule has 11 heteroatoms. The average Bonchev–Trinajstić information content (AvgIpc) is 2.61. The van der Waals surface area contributed by atoms with E-state index in [0.29, 0.717) is 11.3 Å². The number of hydrogen-bond donors (Lipinski definition) is 2. The standard InChI is InChI=1S/C16H13N3O8/c20-15(17-11-3-1-10(2-4-11)7-16(21)22)9-27-14-6-5-12(18(23)24)8-13(14)19(25)26/h1-6,8H,7,9H2,(H,17,20)(H,21,22). The molecule has 2 aromatic carbocycles. The van der Waals surface area contributed by atoms with Gasteiger partial charge in [-0.15, -0.1) is 0 Å². The van der Waals surface area contributed by atoms with Gasteiger partial charge >= 0.3 is 11.7 Å². The molecule has 2 N–H and O–H groups in total. The normalized spacial score (nSPS) is 10.1. The van der Waals surface area contributed by atoms with Crippen molar-refractivity contribution in [3.05, 3.63) is 68.3 Å². The van der Waals surface area contributed by atoms with E-state index in [4.69, 9.17) is 9.84 Å². The lowest BCUT2D eigenvalue weighted by molar-refractivity contribution is -0.394. The Morgan fingerprint density at radius 1 is 1.04 bits per heavy atom. The SMILES string of the molecule is O=C(O)Cc1ccc(NC(=O)COc2ccc([N+](=O)[O-])cc2[N+](=O)[O-])cc1. The highest BCUT2D eigenvalue weighted by molar-refractivity contribution is 5.92. The third-order valence-electron chi connectivity index (χ3n) is 3.30. The number of carbonyl (C=O) groups excluding carboxylic acids is 1. The van der Waals surface area contributed by atoms with Gasteiger partial charge in [0.1, 0.15) is 0 Å². The average molecular weight is 375 g/mol. The van der Waals surface area contributed by atoms with Crippen molar-refractivity contribution in [3.8, 4) is 5.75 Å². The van der Waals surface area contributed by atoms with Crippen LogP contribution >= 0.6 is 0 Å². The smallest absolute Gasteiger partial charge is 0.317 e. The fraction of sp³-hybridized carbons (Fsp3) is 0.125. The summed E-state index contributed by atoms with van der Waals surface area (Å²) in [6.07, 6.45) is -0.152. The van der Waals surface area contributed by atoms with Crippen molar-refractivity contribution in [3.63, 3.8) is 0 Å². The Hall–Kier alpha value is -4.02. The van der Waals surface area contributed by atoms with Crippen molar-refractivity contribution in [2.45, 2.75) is 6.42 Å². The molecule has 0 spiro atoms. The quantitative estimate of drug-likeness (QED) is 0.523. The van der Waals surface area contributed by atoms with Crippen LogP contribution in [0, 0.1) is 20.2 Å². The van der Waals surface area contributed by atoms with E-state index in [0.717, 1.165) is 18.2 Å². The zero-order valence-corrected chi connectivity index (χ0v) is 13.7. The summed E-state index contributed by atoms with van der Waals surface area (Å²) in [5, 5.41) is 32.9. The predicted octanol–water partition coefficient (Wildman–Crippen LogP) is 2.15. The van der Waals surface area contributed by atoms with Crippen LogP contribution in [0.3, 0.4) is 0 Å². The molecular formula is C16H13N3O8. The number of benzene rings is 2. The maximum atomic E-state index is 11.9. The summed E-state index contributed by atoms with van der Waals surface area (Å²) >= 11 is 0. The Bertz CT molecular complexity index is 895. The zero-order valence-electron chi connectivity index (χ0n) is 13.7. The van der Waals surface area contributed by atoms with E-state index in [2.05, 4.69) is 5.32 Å². The third kappa shape index (κ3) is 5.49. The Balaban J connectivity index is 2.00. The highest BCUT2D eigenvalue weighted by Gasteiger charge is 2.21. The fourth-order valence-corrected chi connectivity index (χ4v) is 2.10. The fourth-order valence-electron chi connectivity index (χ4n) is 2.10. The van der Waals surface area contributed by atoms with Gasteiger partial charge in [-0.25, -0.2) is 0 Å². The molecule has 140 valence electrons. The van der Waals surface area contributed by atoms with Crippen molar-refractivity contribution in [1.82, 2.24) is 0 Å². The number of nitrogens with one attached hydrogen (secondary N) is 1. The highest BCUT2D eigenvalue weighted by atomic mass is 16.6. The number of nitro groups is 2. The first-order valence-corrected chi connectivity index (χ1v) is 7.42. The number of hydrogen-bond acceptors (Lipinski definition) is 7. The Morgan fingerprint density at radius 3 is 2.26 bits per heavy atom. The molecule has 11 nitrogen and oxygen atoms in total. The van der Waals surface area contributed by atoms with Crippen LogP contribution in [-0.4, -0.2) is 33.4 Å². The molecule has 0 radical (unpaired) electrons. The van der Waals surface area contributed by atoms with Gasteiger partial charge in [-0.1, -0.05) is 12.1 Å². The summed E-state index contributed by atoms with van der Waals surface area (Å²) in [7, 11) is 0. The molecule has 0 aliphatic carbocycles. The molecule has 0 saturated carbocycles. The largest absolute Gasteiger partial charge is 0.481 e.